The predicted molar refractivity (Wildman–Crippen MR) is 59.6 cm³/mol. The van der Waals surface area contributed by atoms with Crippen LogP contribution in [0.4, 0.5) is 19.0 Å². The zero-order valence-corrected chi connectivity index (χ0v) is 9.50. The molecular weight excluding hydrogens is 269 g/mol. The van der Waals surface area contributed by atoms with Crippen LogP contribution in [0.5, 0.6) is 0 Å². The van der Waals surface area contributed by atoms with E-state index in [-0.39, 0.29) is 17.2 Å². The Morgan fingerprint density at radius 2 is 1.89 bits per heavy atom. The van der Waals surface area contributed by atoms with E-state index >= 15 is 0 Å². The largest absolute Gasteiger partial charge is 0.381 e. The van der Waals surface area contributed by atoms with Gasteiger partial charge in [0.2, 0.25) is 0 Å². The van der Waals surface area contributed by atoms with Crippen LogP contribution in [0.2, 0.25) is 5.15 Å². The summed E-state index contributed by atoms with van der Waals surface area (Å²) in [4.78, 5) is 10.9. The summed E-state index contributed by atoms with van der Waals surface area (Å²) in [5.41, 5.74) is 5.01. The lowest BCUT2D eigenvalue weighted by Gasteiger charge is -2.05. The van der Waals surface area contributed by atoms with Gasteiger partial charge in [0.05, 0.1) is 11.9 Å². The second-order valence-electron chi connectivity index (χ2n) is 3.30. The van der Waals surface area contributed by atoms with Gasteiger partial charge >= 0.3 is 0 Å². The SMILES string of the molecule is Nc1nc(-c2cnc(C(F)F)c(Cl)n2)ccc1F. The highest BCUT2D eigenvalue weighted by Crippen LogP contribution is 2.26. The first-order chi connectivity index (χ1) is 8.49. The third kappa shape index (κ3) is 2.35. The maximum absolute atomic E-state index is 12.9. The van der Waals surface area contributed by atoms with E-state index < -0.39 is 23.1 Å². The third-order valence-corrected chi connectivity index (χ3v) is 2.38. The number of aromatic nitrogens is 3. The predicted octanol–water partition coefficient (Wildman–Crippen LogP) is 2.85. The van der Waals surface area contributed by atoms with Gasteiger partial charge in [0, 0.05) is 0 Å². The number of pyridine rings is 1. The van der Waals surface area contributed by atoms with Crippen LogP contribution in [0, 0.1) is 5.82 Å². The van der Waals surface area contributed by atoms with Crippen molar-refractivity contribution in [1.82, 2.24) is 15.0 Å². The van der Waals surface area contributed by atoms with E-state index in [4.69, 9.17) is 17.3 Å². The van der Waals surface area contributed by atoms with Crippen LogP contribution in [0.3, 0.4) is 0 Å². The first kappa shape index (κ1) is 12.6. The molecule has 0 unspecified atom stereocenters. The standard InChI is InChI=1S/C10H6ClF3N4/c11-8-7(9(13)14)16-3-6(17-8)5-2-1-4(12)10(15)18-5/h1-3,9H,(H2,15,18). The Balaban J connectivity index is 2.45. The molecule has 0 amide bonds. The Morgan fingerprint density at radius 3 is 2.44 bits per heavy atom. The van der Waals surface area contributed by atoms with Crippen molar-refractivity contribution < 1.29 is 13.2 Å². The number of hydrogen-bond donors (Lipinski definition) is 1. The molecule has 0 aromatic carbocycles. The molecule has 2 N–H and O–H groups in total. The minimum atomic E-state index is -2.81. The monoisotopic (exact) mass is 274 g/mol. The number of rotatable bonds is 2. The van der Waals surface area contributed by atoms with Crippen LogP contribution in [0.25, 0.3) is 11.4 Å². The fourth-order valence-corrected chi connectivity index (χ4v) is 1.47. The van der Waals surface area contributed by atoms with Crippen molar-refractivity contribution >= 4 is 17.4 Å². The lowest BCUT2D eigenvalue weighted by atomic mass is 10.2. The van der Waals surface area contributed by atoms with Gasteiger partial charge in [-0.1, -0.05) is 11.6 Å². The average molecular weight is 275 g/mol. The van der Waals surface area contributed by atoms with E-state index in [9.17, 15) is 13.2 Å². The molecule has 8 heteroatoms. The lowest BCUT2D eigenvalue weighted by Crippen LogP contribution is -2.00. The lowest BCUT2D eigenvalue weighted by molar-refractivity contribution is 0.145. The van der Waals surface area contributed by atoms with Gasteiger partial charge in [-0.3, -0.25) is 0 Å². The van der Waals surface area contributed by atoms with E-state index in [1.165, 1.54) is 6.07 Å². The van der Waals surface area contributed by atoms with Crippen molar-refractivity contribution in [2.45, 2.75) is 6.43 Å². The molecule has 0 aliphatic rings. The van der Waals surface area contributed by atoms with Gasteiger partial charge in [-0.25, -0.2) is 28.1 Å². The van der Waals surface area contributed by atoms with Crippen LogP contribution in [0.15, 0.2) is 18.3 Å². The fourth-order valence-electron chi connectivity index (χ4n) is 1.25. The van der Waals surface area contributed by atoms with Crippen molar-refractivity contribution in [3.63, 3.8) is 0 Å². The van der Waals surface area contributed by atoms with E-state index in [2.05, 4.69) is 15.0 Å². The summed E-state index contributed by atoms with van der Waals surface area (Å²) in [6, 6.07) is 2.39. The molecule has 0 fully saturated rings. The molecular formula is C10H6ClF3N4. The Labute approximate surface area is 105 Å². The highest BCUT2D eigenvalue weighted by atomic mass is 35.5. The quantitative estimate of drug-likeness (QED) is 0.914. The first-order valence-corrected chi connectivity index (χ1v) is 5.10. The molecule has 0 saturated carbocycles. The molecule has 0 aliphatic carbocycles. The second kappa shape index (κ2) is 4.77. The van der Waals surface area contributed by atoms with Crippen LogP contribution in [-0.4, -0.2) is 15.0 Å². The summed E-state index contributed by atoms with van der Waals surface area (Å²) >= 11 is 5.56. The van der Waals surface area contributed by atoms with Gasteiger partial charge in [0.15, 0.2) is 16.8 Å². The Kier molecular flexibility index (Phi) is 3.33. The summed E-state index contributed by atoms with van der Waals surface area (Å²) in [6.07, 6.45) is -1.74. The zero-order chi connectivity index (χ0) is 13.3. The highest BCUT2D eigenvalue weighted by molar-refractivity contribution is 6.30. The highest BCUT2D eigenvalue weighted by Gasteiger charge is 2.16. The number of nitrogens with two attached hydrogens (primary N) is 1. The van der Waals surface area contributed by atoms with Crippen LogP contribution in [-0.2, 0) is 0 Å². The molecule has 0 spiro atoms. The number of halogens is 4. The van der Waals surface area contributed by atoms with Crippen molar-refractivity contribution in [2.75, 3.05) is 5.73 Å². The fraction of sp³-hybridized carbons (Fsp3) is 0.100. The summed E-state index contributed by atoms with van der Waals surface area (Å²) in [5, 5.41) is -0.424. The number of nitrogen functional groups attached to an aromatic ring is 1. The molecule has 0 atom stereocenters. The summed E-state index contributed by atoms with van der Waals surface area (Å²) in [7, 11) is 0. The van der Waals surface area contributed by atoms with Gasteiger partial charge in [0.25, 0.3) is 6.43 Å². The molecule has 4 nitrogen and oxygen atoms in total. The molecule has 2 rings (SSSR count). The summed E-state index contributed by atoms with van der Waals surface area (Å²) in [5.74, 6) is -0.995. The molecule has 0 radical (unpaired) electrons. The minimum Gasteiger partial charge on any atom is -0.381 e. The van der Waals surface area contributed by atoms with Crippen molar-refractivity contribution in [3.8, 4) is 11.4 Å². The molecule has 0 aliphatic heterocycles. The molecule has 18 heavy (non-hydrogen) atoms. The normalized spacial score (nSPS) is 10.9. The molecule has 2 aromatic rings. The number of anilines is 1. The number of nitrogens with zero attached hydrogens (tertiary/aromatic N) is 3. The summed E-state index contributed by atoms with van der Waals surface area (Å²) in [6.45, 7) is 0. The van der Waals surface area contributed by atoms with Crippen molar-refractivity contribution in [1.29, 1.82) is 0 Å². The van der Waals surface area contributed by atoms with Gasteiger partial charge in [-0.2, -0.15) is 0 Å². The van der Waals surface area contributed by atoms with Crippen LogP contribution >= 0.6 is 11.6 Å². The second-order valence-corrected chi connectivity index (χ2v) is 3.65. The van der Waals surface area contributed by atoms with Gasteiger partial charge in [-0.15, -0.1) is 0 Å². The third-order valence-electron chi connectivity index (χ3n) is 2.10. The number of alkyl halides is 2. The van der Waals surface area contributed by atoms with Crippen molar-refractivity contribution in [3.05, 3.63) is 35.0 Å². The Bertz CT molecular complexity index is 591. The molecule has 0 saturated heterocycles. The van der Waals surface area contributed by atoms with Crippen LogP contribution in [0.1, 0.15) is 12.1 Å². The van der Waals surface area contributed by atoms with E-state index in [0.29, 0.717) is 0 Å². The van der Waals surface area contributed by atoms with Gasteiger partial charge in [-0.05, 0) is 12.1 Å². The molecule has 0 bridgehead atoms. The van der Waals surface area contributed by atoms with E-state index in [1.54, 1.807) is 0 Å². The maximum atomic E-state index is 12.9. The first-order valence-electron chi connectivity index (χ1n) is 4.72. The number of hydrogen-bond acceptors (Lipinski definition) is 4. The average Bonchev–Trinajstić information content (AvgIpc) is 2.32. The Hall–Kier alpha value is -1.89. The smallest absolute Gasteiger partial charge is 0.283 e. The maximum Gasteiger partial charge on any atom is 0.283 e. The molecule has 2 heterocycles. The van der Waals surface area contributed by atoms with E-state index in [0.717, 1.165) is 12.3 Å². The Morgan fingerprint density at radius 1 is 1.17 bits per heavy atom. The molecule has 2 aromatic heterocycles. The van der Waals surface area contributed by atoms with Crippen LogP contribution < -0.4 is 5.73 Å². The van der Waals surface area contributed by atoms with Crippen molar-refractivity contribution in [2.24, 2.45) is 0 Å². The van der Waals surface area contributed by atoms with Gasteiger partial charge in [0.1, 0.15) is 11.4 Å². The minimum absolute atomic E-state index is 0.135. The molecule has 94 valence electrons. The summed E-state index contributed by atoms with van der Waals surface area (Å²) < 4.78 is 37.7. The zero-order valence-electron chi connectivity index (χ0n) is 8.74. The topological polar surface area (TPSA) is 64.7 Å². The van der Waals surface area contributed by atoms with Gasteiger partial charge < -0.3 is 5.73 Å². The van der Waals surface area contributed by atoms with E-state index in [1.807, 2.05) is 0 Å².